The van der Waals surface area contributed by atoms with Gasteiger partial charge in [-0.05, 0) is 38.5 Å². The van der Waals surface area contributed by atoms with Crippen molar-refractivity contribution in [1.82, 2.24) is 0 Å². The minimum atomic E-state index is -3.56. The number of carbonyl (C=O) groups is 3. The summed E-state index contributed by atoms with van der Waals surface area (Å²) in [6.07, 6.45) is 84.8. The molecular weight excluding hydrogens is 844 g/mol. The minimum Gasteiger partial charge on any atom is -0.547 e. The fourth-order valence-electron chi connectivity index (χ4n) is 6.21. The van der Waals surface area contributed by atoms with Crippen LogP contribution in [0.3, 0.4) is 0 Å². The van der Waals surface area contributed by atoms with Crippen LogP contribution in [0.15, 0.2) is 182 Å². The van der Waals surface area contributed by atoms with Crippen LogP contribution in [0, 0.1) is 0 Å². The first-order chi connectivity index (χ1) is 33.0. The van der Waals surface area contributed by atoms with E-state index in [0.29, 0.717) is 0 Å². The Morgan fingerprint density at radius 2 is 0.463 bits per heavy atom. The van der Waals surface area contributed by atoms with Crippen molar-refractivity contribution < 1.29 is 25.7 Å². The summed E-state index contributed by atoms with van der Waals surface area (Å²) in [5, 5.41) is 0. The predicted octanol–water partition coefficient (Wildman–Crippen LogP) is 17.4. The molecule has 0 saturated carbocycles. The molecule has 0 radical (unpaired) electrons. The third kappa shape index (κ3) is 51.9. The zero-order valence-electron chi connectivity index (χ0n) is 41.8. The lowest BCUT2D eigenvalue weighted by Gasteiger charge is -2.10. The molecule has 0 aliphatic heterocycles. The standard InChI is InChI=1S/3C20H30O2.Al/c3*1-2-3-4-5-6-7-8-9-10-11-12-13-14-15-16-17-18-19-20(21)22;/h3*10-19H,2-9H2,1H3,(H,21,22);/q;;;+3/p-3/b3*11-10+,13-12+,15-14+,17-16+,19-18+;. The van der Waals surface area contributed by atoms with Crippen LogP contribution in [0.2, 0.25) is 0 Å². The van der Waals surface area contributed by atoms with Gasteiger partial charge < -0.3 is 11.4 Å². The number of hydrogen-bond donors (Lipinski definition) is 0. The number of allylic oxidation sites excluding steroid dienone is 27. The number of carbonyl (C=O) groups excluding carboxylic acids is 3. The van der Waals surface area contributed by atoms with E-state index in [4.69, 9.17) is 11.4 Å². The van der Waals surface area contributed by atoms with Crippen LogP contribution in [-0.4, -0.2) is 33.1 Å². The molecule has 0 unspecified atom stereocenters. The van der Waals surface area contributed by atoms with Crippen molar-refractivity contribution in [2.24, 2.45) is 0 Å². The van der Waals surface area contributed by atoms with Gasteiger partial charge in [0, 0.05) is 18.2 Å². The van der Waals surface area contributed by atoms with E-state index in [1.165, 1.54) is 171 Å². The SMILES string of the molecule is CCCCCCCCC/C=C/C=C/C=C/C=C/C=C/C(=O)[O][Al]([O]C(=O)/C=C/C=C/C=C/C=C/C=C/CCCCCCCCC)[O]C(=O)/C=C/C=C/C=C/C=C/C=C/CCCCCCCCC. The molecule has 6 nitrogen and oxygen atoms in total. The number of unbranched alkanes of at least 4 members (excludes halogenated alkanes) is 21. The molecule has 0 aromatic rings. The summed E-state index contributed by atoms with van der Waals surface area (Å²) in [5.41, 5.74) is 0. The van der Waals surface area contributed by atoms with Crippen molar-refractivity contribution in [3.8, 4) is 0 Å². The molecule has 0 saturated heterocycles. The fourth-order valence-corrected chi connectivity index (χ4v) is 7.16. The van der Waals surface area contributed by atoms with E-state index in [9.17, 15) is 14.4 Å². The lowest BCUT2D eigenvalue weighted by Crippen LogP contribution is -2.33. The first-order valence-electron chi connectivity index (χ1n) is 25.6. The van der Waals surface area contributed by atoms with Crippen molar-refractivity contribution in [1.29, 1.82) is 0 Å². The molecule has 0 heterocycles. The average molecular weight is 931 g/mol. The van der Waals surface area contributed by atoms with E-state index in [0.717, 1.165) is 19.3 Å². The second kappa shape index (κ2) is 53.7. The van der Waals surface area contributed by atoms with Crippen molar-refractivity contribution in [2.75, 3.05) is 0 Å². The lowest BCUT2D eigenvalue weighted by molar-refractivity contribution is -0.141. The van der Waals surface area contributed by atoms with Crippen LogP contribution in [-0.2, 0) is 25.7 Å². The van der Waals surface area contributed by atoms with Gasteiger partial charge in [-0.3, -0.25) is 14.4 Å². The van der Waals surface area contributed by atoms with Gasteiger partial charge in [0.25, 0.3) is 17.9 Å². The maximum atomic E-state index is 12.6. The molecule has 0 N–H and O–H groups in total. The quantitative estimate of drug-likeness (QED) is 0.0263. The third-order valence-corrected chi connectivity index (χ3v) is 11.3. The highest BCUT2D eigenvalue weighted by Gasteiger charge is 2.48. The van der Waals surface area contributed by atoms with Gasteiger partial charge in [-0.25, -0.2) is 0 Å². The van der Waals surface area contributed by atoms with Gasteiger partial charge in [-0.1, -0.05) is 300 Å². The molecule has 0 aliphatic rings. The summed E-state index contributed by atoms with van der Waals surface area (Å²) in [7, 11) is 0. The monoisotopic (exact) mass is 931 g/mol. The average Bonchev–Trinajstić information content (AvgIpc) is 3.32. The summed E-state index contributed by atoms with van der Waals surface area (Å²) >= 11 is -3.56. The van der Waals surface area contributed by atoms with Gasteiger partial charge in [0.2, 0.25) is 0 Å². The Morgan fingerprint density at radius 3 is 0.701 bits per heavy atom. The van der Waals surface area contributed by atoms with E-state index in [1.54, 1.807) is 36.5 Å². The highest BCUT2D eigenvalue weighted by atomic mass is 27.3. The van der Waals surface area contributed by atoms with Gasteiger partial charge in [-0.15, -0.1) is 0 Å². The first-order valence-corrected chi connectivity index (χ1v) is 27.1. The molecule has 0 spiro atoms. The molecule has 0 bridgehead atoms. The van der Waals surface area contributed by atoms with Crippen LogP contribution in [0.1, 0.15) is 175 Å². The molecule has 7 heteroatoms. The molecular formula is C60H87AlO6. The minimum absolute atomic E-state index is 0.804. The lowest BCUT2D eigenvalue weighted by atomic mass is 10.1. The summed E-state index contributed by atoms with van der Waals surface area (Å²) in [5.74, 6) is -2.41. The molecule has 0 aliphatic carbocycles. The topological polar surface area (TPSA) is 78.9 Å². The van der Waals surface area contributed by atoms with Crippen LogP contribution in [0.4, 0.5) is 0 Å². The largest absolute Gasteiger partial charge is 1.20 e. The van der Waals surface area contributed by atoms with Crippen molar-refractivity contribution >= 4 is 33.1 Å². The smallest absolute Gasteiger partial charge is 0.547 e. The number of rotatable bonds is 42. The molecule has 366 valence electrons. The predicted molar refractivity (Wildman–Crippen MR) is 289 cm³/mol. The van der Waals surface area contributed by atoms with Crippen molar-refractivity contribution in [3.63, 3.8) is 0 Å². The molecule has 0 atom stereocenters. The Labute approximate surface area is 414 Å². The Bertz CT molecular complexity index is 1480. The van der Waals surface area contributed by atoms with E-state index in [-0.39, 0.29) is 0 Å². The van der Waals surface area contributed by atoms with E-state index >= 15 is 0 Å². The summed E-state index contributed by atoms with van der Waals surface area (Å²) in [4.78, 5) is 37.8. The Balaban J connectivity index is 5.07. The molecule has 67 heavy (non-hydrogen) atoms. The second-order valence-electron chi connectivity index (χ2n) is 16.2. The first kappa shape index (κ1) is 62.0. The highest BCUT2D eigenvalue weighted by molar-refractivity contribution is 6.45. The van der Waals surface area contributed by atoms with Gasteiger partial charge in [0.15, 0.2) is 0 Å². The van der Waals surface area contributed by atoms with Gasteiger partial charge in [0.1, 0.15) is 0 Å². The Kier molecular flexibility index (Phi) is 49.7. The van der Waals surface area contributed by atoms with E-state index < -0.39 is 33.1 Å². The Hall–Kier alpha value is -4.96. The molecule has 0 amide bonds. The van der Waals surface area contributed by atoms with Crippen LogP contribution < -0.4 is 0 Å². The zero-order valence-corrected chi connectivity index (χ0v) is 43.0. The van der Waals surface area contributed by atoms with Crippen LogP contribution in [0.5, 0.6) is 0 Å². The van der Waals surface area contributed by atoms with Crippen molar-refractivity contribution in [2.45, 2.75) is 175 Å². The molecule has 0 rings (SSSR count). The molecule has 0 aromatic carbocycles. The highest BCUT2D eigenvalue weighted by Crippen LogP contribution is 2.11. The maximum absolute atomic E-state index is 12.6. The third-order valence-electron chi connectivity index (χ3n) is 10.00. The van der Waals surface area contributed by atoms with Crippen LogP contribution >= 0.6 is 0 Å². The second-order valence-corrected chi connectivity index (χ2v) is 17.4. The molecule has 0 aromatic heterocycles. The number of hydrogen-bond acceptors (Lipinski definition) is 6. The Morgan fingerprint density at radius 1 is 0.269 bits per heavy atom. The van der Waals surface area contributed by atoms with Gasteiger partial charge in [-0.2, -0.15) is 0 Å². The normalized spacial score (nSPS) is 13.1. The van der Waals surface area contributed by atoms with Gasteiger partial charge >= 0.3 is 15.1 Å². The van der Waals surface area contributed by atoms with E-state index in [1.807, 2.05) is 72.9 Å². The maximum Gasteiger partial charge on any atom is 1.20 e. The van der Waals surface area contributed by atoms with Crippen LogP contribution in [0.25, 0.3) is 0 Å². The van der Waals surface area contributed by atoms with Crippen molar-refractivity contribution in [3.05, 3.63) is 182 Å². The molecule has 0 fully saturated rings. The van der Waals surface area contributed by atoms with E-state index in [2.05, 4.69) is 57.2 Å². The van der Waals surface area contributed by atoms with Gasteiger partial charge in [0.05, 0.1) is 0 Å². The zero-order chi connectivity index (χ0) is 48.6. The summed E-state index contributed by atoms with van der Waals surface area (Å²) < 4.78 is 15.9. The fraction of sp³-hybridized carbons (Fsp3) is 0.450. The summed E-state index contributed by atoms with van der Waals surface area (Å²) in [6.45, 7) is 6.73. The summed E-state index contributed by atoms with van der Waals surface area (Å²) in [6, 6.07) is 0.